The van der Waals surface area contributed by atoms with Gasteiger partial charge in [0.05, 0.1) is 6.61 Å². The molecule has 0 unspecified atom stereocenters. The summed E-state index contributed by atoms with van der Waals surface area (Å²) in [6.07, 6.45) is 2.60. The van der Waals surface area contributed by atoms with Crippen LogP contribution in [0.5, 0.6) is 0 Å². The van der Waals surface area contributed by atoms with Crippen molar-refractivity contribution >= 4 is 5.82 Å². The van der Waals surface area contributed by atoms with Gasteiger partial charge in [-0.05, 0) is 24.1 Å². The highest BCUT2D eigenvalue weighted by atomic mass is 16.5. The lowest BCUT2D eigenvalue weighted by molar-refractivity contribution is 0.202. The zero-order chi connectivity index (χ0) is 8.10. The summed E-state index contributed by atoms with van der Waals surface area (Å²) < 4.78 is 4.92. The van der Waals surface area contributed by atoms with Crippen LogP contribution in [-0.4, -0.2) is 18.7 Å². The Morgan fingerprint density at radius 3 is 3.09 bits per heavy atom. The van der Waals surface area contributed by atoms with E-state index in [1.165, 1.54) is 5.56 Å². The van der Waals surface area contributed by atoms with Crippen LogP contribution in [-0.2, 0) is 11.2 Å². The van der Waals surface area contributed by atoms with Gasteiger partial charge in [0.2, 0.25) is 0 Å². The molecule has 0 aliphatic rings. The number of rotatable bonds is 3. The molecule has 0 fully saturated rings. The van der Waals surface area contributed by atoms with E-state index in [1.807, 2.05) is 12.1 Å². The smallest absolute Gasteiger partial charge is 0.123 e. The maximum absolute atomic E-state index is 5.48. The van der Waals surface area contributed by atoms with E-state index in [4.69, 9.17) is 10.5 Å². The van der Waals surface area contributed by atoms with Gasteiger partial charge in [0.1, 0.15) is 5.82 Å². The van der Waals surface area contributed by atoms with E-state index < -0.39 is 0 Å². The Bertz CT molecular complexity index is 225. The van der Waals surface area contributed by atoms with Crippen LogP contribution in [0.2, 0.25) is 0 Å². The minimum Gasteiger partial charge on any atom is -0.384 e. The second-order valence-electron chi connectivity index (χ2n) is 2.33. The minimum absolute atomic E-state index is 0.568. The van der Waals surface area contributed by atoms with E-state index in [0.717, 1.165) is 13.0 Å². The van der Waals surface area contributed by atoms with Crippen molar-refractivity contribution in [2.24, 2.45) is 0 Å². The van der Waals surface area contributed by atoms with Gasteiger partial charge in [-0.1, -0.05) is 0 Å². The summed E-state index contributed by atoms with van der Waals surface area (Å²) >= 11 is 0. The van der Waals surface area contributed by atoms with E-state index in [2.05, 4.69) is 4.98 Å². The maximum atomic E-state index is 5.48. The van der Waals surface area contributed by atoms with Crippen LogP contribution in [0, 0.1) is 0 Å². The van der Waals surface area contributed by atoms with Gasteiger partial charge < -0.3 is 10.5 Å². The Hall–Kier alpha value is -1.09. The lowest BCUT2D eigenvalue weighted by Crippen LogP contribution is -1.96. The van der Waals surface area contributed by atoms with Gasteiger partial charge in [0.15, 0.2) is 0 Å². The lowest BCUT2D eigenvalue weighted by atomic mass is 10.2. The molecule has 0 aromatic carbocycles. The van der Waals surface area contributed by atoms with Crippen molar-refractivity contribution in [1.82, 2.24) is 4.98 Å². The van der Waals surface area contributed by atoms with E-state index in [-0.39, 0.29) is 0 Å². The average Bonchev–Trinajstić information content (AvgIpc) is 2.01. The van der Waals surface area contributed by atoms with Crippen LogP contribution in [0.4, 0.5) is 5.82 Å². The molecule has 11 heavy (non-hydrogen) atoms. The van der Waals surface area contributed by atoms with Crippen molar-refractivity contribution in [3.8, 4) is 0 Å². The molecule has 3 heteroatoms. The first-order chi connectivity index (χ1) is 5.33. The minimum atomic E-state index is 0.568. The number of pyridine rings is 1. The molecule has 0 radical (unpaired) electrons. The van der Waals surface area contributed by atoms with Crippen LogP contribution in [0.25, 0.3) is 0 Å². The second kappa shape index (κ2) is 3.93. The Labute approximate surface area is 66.2 Å². The maximum Gasteiger partial charge on any atom is 0.123 e. The molecule has 0 bridgehead atoms. The van der Waals surface area contributed by atoms with Gasteiger partial charge in [-0.3, -0.25) is 0 Å². The summed E-state index contributed by atoms with van der Waals surface area (Å²) in [5.41, 5.74) is 6.64. The van der Waals surface area contributed by atoms with E-state index >= 15 is 0 Å². The SMILES string of the molecule is COCCc1ccnc(N)c1. The molecule has 0 saturated heterocycles. The molecule has 1 aromatic heterocycles. The molecule has 1 aromatic rings. The fourth-order valence-electron chi connectivity index (χ4n) is 0.870. The molecule has 1 heterocycles. The van der Waals surface area contributed by atoms with Crippen LogP contribution in [0.15, 0.2) is 18.3 Å². The van der Waals surface area contributed by atoms with Crippen molar-refractivity contribution in [3.63, 3.8) is 0 Å². The molecular weight excluding hydrogens is 140 g/mol. The predicted octanol–water partition coefficient (Wildman–Crippen LogP) is 0.853. The number of ether oxygens (including phenoxy) is 1. The van der Waals surface area contributed by atoms with Gasteiger partial charge in [-0.15, -0.1) is 0 Å². The van der Waals surface area contributed by atoms with Crippen molar-refractivity contribution in [3.05, 3.63) is 23.9 Å². The Morgan fingerprint density at radius 2 is 2.45 bits per heavy atom. The van der Waals surface area contributed by atoms with Gasteiger partial charge in [0, 0.05) is 13.3 Å². The first-order valence-electron chi connectivity index (χ1n) is 3.52. The molecule has 0 aliphatic carbocycles. The average molecular weight is 152 g/mol. The lowest BCUT2D eigenvalue weighted by Gasteiger charge is -1.99. The molecule has 0 aliphatic heterocycles. The largest absolute Gasteiger partial charge is 0.384 e. The van der Waals surface area contributed by atoms with Crippen molar-refractivity contribution in [2.45, 2.75) is 6.42 Å². The highest BCUT2D eigenvalue weighted by molar-refractivity contribution is 5.31. The fourth-order valence-corrected chi connectivity index (χ4v) is 0.870. The summed E-state index contributed by atoms with van der Waals surface area (Å²) in [5, 5.41) is 0. The number of hydrogen-bond donors (Lipinski definition) is 1. The van der Waals surface area contributed by atoms with E-state index in [9.17, 15) is 0 Å². The number of nitrogens with zero attached hydrogens (tertiary/aromatic N) is 1. The highest BCUT2D eigenvalue weighted by Crippen LogP contribution is 2.03. The molecule has 60 valence electrons. The molecule has 0 spiro atoms. The third-order valence-electron chi connectivity index (χ3n) is 1.44. The van der Waals surface area contributed by atoms with Crippen LogP contribution in [0.3, 0.4) is 0 Å². The molecular formula is C8H12N2O. The number of hydrogen-bond acceptors (Lipinski definition) is 3. The van der Waals surface area contributed by atoms with Gasteiger partial charge in [-0.2, -0.15) is 0 Å². The summed E-state index contributed by atoms with van der Waals surface area (Å²) in [4.78, 5) is 3.88. The molecule has 0 atom stereocenters. The molecule has 3 nitrogen and oxygen atoms in total. The standard InChI is InChI=1S/C8H12N2O/c1-11-5-3-7-2-4-10-8(9)6-7/h2,4,6H,3,5H2,1H3,(H2,9,10). The fraction of sp³-hybridized carbons (Fsp3) is 0.375. The molecule has 2 N–H and O–H groups in total. The summed E-state index contributed by atoms with van der Waals surface area (Å²) in [7, 11) is 1.69. The number of nitrogens with two attached hydrogens (primary N) is 1. The van der Waals surface area contributed by atoms with E-state index in [0.29, 0.717) is 5.82 Å². The quantitative estimate of drug-likeness (QED) is 0.698. The number of nitrogen functional groups attached to an aromatic ring is 1. The summed E-state index contributed by atoms with van der Waals surface area (Å²) in [5.74, 6) is 0.568. The monoisotopic (exact) mass is 152 g/mol. The Kier molecular flexibility index (Phi) is 2.86. The zero-order valence-electron chi connectivity index (χ0n) is 6.58. The first-order valence-corrected chi connectivity index (χ1v) is 3.52. The molecule has 1 rings (SSSR count). The van der Waals surface area contributed by atoms with Crippen molar-refractivity contribution in [1.29, 1.82) is 0 Å². The number of methoxy groups -OCH3 is 1. The highest BCUT2D eigenvalue weighted by Gasteiger charge is 1.92. The van der Waals surface area contributed by atoms with Gasteiger partial charge >= 0.3 is 0 Å². The van der Waals surface area contributed by atoms with Gasteiger partial charge in [0.25, 0.3) is 0 Å². The van der Waals surface area contributed by atoms with Crippen molar-refractivity contribution < 1.29 is 4.74 Å². The summed E-state index contributed by atoms with van der Waals surface area (Å²) in [6, 6.07) is 3.80. The van der Waals surface area contributed by atoms with Crippen LogP contribution < -0.4 is 5.73 Å². The summed E-state index contributed by atoms with van der Waals surface area (Å²) in [6.45, 7) is 0.726. The molecule has 0 amide bonds. The Balaban J connectivity index is 2.56. The normalized spacial score (nSPS) is 9.91. The van der Waals surface area contributed by atoms with Crippen LogP contribution >= 0.6 is 0 Å². The first kappa shape index (κ1) is 8.01. The van der Waals surface area contributed by atoms with Gasteiger partial charge in [-0.25, -0.2) is 4.98 Å². The Morgan fingerprint density at radius 1 is 1.64 bits per heavy atom. The van der Waals surface area contributed by atoms with Crippen LogP contribution in [0.1, 0.15) is 5.56 Å². The number of aromatic nitrogens is 1. The predicted molar refractivity (Wildman–Crippen MR) is 44.2 cm³/mol. The van der Waals surface area contributed by atoms with E-state index in [1.54, 1.807) is 13.3 Å². The van der Waals surface area contributed by atoms with Crippen molar-refractivity contribution in [2.75, 3.05) is 19.5 Å². The third kappa shape index (κ3) is 2.55. The second-order valence-corrected chi connectivity index (χ2v) is 2.33. The zero-order valence-corrected chi connectivity index (χ0v) is 6.58. The number of anilines is 1. The molecule has 0 saturated carbocycles. The third-order valence-corrected chi connectivity index (χ3v) is 1.44. The topological polar surface area (TPSA) is 48.1 Å².